The van der Waals surface area contributed by atoms with Gasteiger partial charge in [-0.25, -0.2) is 4.79 Å². The molecule has 1 amide bonds. The number of hydrogen-bond acceptors (Lipinski definition) is 3. The second kappa shape index (κ2) is 4.61. The first-order valence-corrected chi connectivity index (χ1v) is 4.74. The molecule has 16 heavy (non-hydrogen) atoms. The van der Waals surface area contributed by atoms with Crippen LogP contribution < -0.4 is 5.32 Å². The Labute approximate surface area is 92.0 Å². The first-order chi connectivity index (χ1) is 7.47. The average molecular weight is 224 g/mol. The fourth-order valence-electron chi connectivity index (χ4n) is 1.61. The minimum Gasteiger partial charge on any atom is -0.465 e. The molecule has 0 atom stereocenters. The number of nitro benzene ring substituents is 1. The molecular formula is C10H12N2O4. The van der Waals surface area contributed by atoms with Crippen LogP contribution in [0.25, 0.3) is 0 Å². The fourth-order valence-corrected chi connectivity index (χ4v) is 1.61. The molecule has 2 N–H and O–H groups in total. The predicted octanol–water partition coefficient (Wildman–Crippen LogP) is 2.56. The van der Waals surface area contributed by atoms with Crippen molar-refractivity contribution in [2.75, 3.05) is 5.32 Å². The minimum atomic E-state index is -1.18. The fraction of sp³-hybridized carbons (Fsp3) is 0.300. The lowest BCUT2D eigenvalue weighted by Crippen LogP contribution is -2.10. The number of anilines is 1. The summed E-state index contributed by atoms with van der Waals surface area (Å²) in [4.78, 5) is 20.8. The Morgan fingerprint density at radius 1 is 1.56 bits per heavy atom. The van der Waals surface area contributed by atoms with Gasteiger partial charge in [0, 0.05) is 17.3 Å². The predicted molar refractivity (Wildman–Crippen MR) is 58.9 cm³/mol. The van der Waals surface area contributed by atoms with Gasteiger partial charge in [0.2, 0.25) is 0 Å². The Balaban J connectivity index is 3.28. The minimum absolute atomic E-state index is 0.0240. The third-order valence-corrected chi connectivity index (χ3v) is 2.37. The van der Waals surface area contributed by atoms with Crippen molar-refractivity contribution in [2.24, 2.45) is 0 Å². The van der Waals surface area contributed by atoms with E-state index in [1.165, 1.54) is 12.1 Å². The summed E-state index contributed by atoms with van der Waals surface area (Å²) >= 11 is 0. The number of nitrogens with one attached hydrogen (secondary N) is 1. The Morgan fingerprint density at radius 2 is 2.19 bits per heavy atom. The summed E-state index contributed by atoms with van der Waals surface area (Å²) in [7, 11) is 0. The number of amides is 1. The van der Waals surface area contributed by atoms with Crippen molar-refractivity contribution < 1.29 is 14.8 Å². The second-order valence-corrected chi connectivity index (χ2v) is 3.28. The van der Waals surface area contributed by atoms with Crippen LogP contribution in [-0.2, 0) is 6.42 Å². The standard InChI is InChI=1S/C10H12N2O4/c1-3-7-6(2)8(11-10(13)14)4-5-9(7)12(15)16/h4-5,11H,3H2,1-2H3,(H,13,14). The van der Waals surface area contributed by atoms with Gasteiger partial charge in [0.1, 0.15) is 0 Å². The van der Waals surface area contributed by atoms with Gasteiger partial charge in [0.05, 0.1) is 4.92 Å². The van der Waals surface area contributed by atoms with E-state index in [0.717, 1.165) is 0 Å². The molecule has 6 nitrogen and oxygen atoms in total. The Bertz CT molecular complexity index is 443. The van der Waals surface area contributed by atoms with Gasteiger partial charge < -0.3 is 5.11 Å². The normalized spacial score (nSPS) is 9.88. The van der Waals surface area contributed by atoms with Crippen LogP contribution in [0.2, 0.25) is 0 Å². The highest BCUT2D eigenvalue weighted by molar-refractivity contribution is 5.84. The van der Waals surface area contributed by atoms with Gasteiger partial charge in [0.25, 0.3) is 5.69 Å². The Hall–Kier alpha value is -2.11. The van der Waals surface area contributed by atoms with Crippen molar-refractivity contribution in [3.63, 3.8) is 0 Å². The lowest BCUT2D eigenvalue weighted by Gasteiger charge is -2.09. The van der Waals surface area contributed by atoms with E-state index in [0.29, 0.717) is 23.2 Å². The maximum atomic E-state index is 10.7. The van der Waals surface area contributed by atoms with Crippen molar-refractivity contribution in [3.05, 3.63) is 33.4 Å². The van der Waals surface area contributed by atoms with Crippen LogP contribution in [-0.4, -0.2) is 16.1 Å². The van der Waals surface area contributed by atoms with Crippen LogP contribution in [0.1, 0.15) is 18.1 Å². The third-order valence-electron chi connectivity index (χ3n) is 2.37. The van der Waals surface area contributed by atoms with Gasteiger partial charge >= 0.3 is 6.09 Å². The van der Waals surface area contributed by atoms with Crippen molar-refractivity contribution in [2.45, 2.75) is 20.3 Å². The molecule has 0 saturated carbocycles. The third kappa shape index (κ3) is 2.28. The molecule has 0 heterocycles. The molecule has 0 saturated heterocycles. The van der Waals surface area contributed by atoms with E-state index in [-0.39, 0.29) is 5.69 Å². The van der Waals surface area contributed by atoms with Crippen molar-refractivity contribution >= 4 is 17.5 Å². The van der Waals surface area contributed by atoms with Gasteiger partial charge in [-0.3, -0.25) is 15.4 Å². The molecule has 0 unspecified atom stereocenters. The first-order valence-electron chi connectivity index (χ1n) is 4.74. The zero-order chi connectivity index (χ0) is 12.3. The molecular weight excluding hydrogens is 212 g/mol. The summed E-state index contributed by atoms with van der Waals surface area (Å²) in [5.41, 5.74) is 1.56. The highest BCUT2D eigenvalue weighted by Crippen LogP contribution is 2.28. The van der Waals surface area contributed by atoms with Crippen LogP contribution in [0.3, 0.4) is 0 Å². The summed E-state index contributed by atoms with van der Waals surface area (Å²) in [6.07, 6.45) is -0.698. The van der Waals surface area contributed by atoms with E-state index in [2.05, 4.69) is 5.32 Å². The van der Waals surface area contributed by atoms with E-state index in [9.17, 15) is 14.9 Å². The zero-order valence-electron chi connectivity index (χ0n) is 8.98. The molecule has 0 aromatic heterocycles. The smallest absolute Gasteiger partial charge is 0.409 e. The SMILES string of the molecule is CCc1c([N+](=O)[O-])ccc(NC(=O)O)c1C. The summed E-state index contributed by atoms with van der Waals surface area (Å²) in [5, 5.41) is 21.5. The summed E-state index contributed by atoms with van der Waals surface area (Å²) in [6, 6.07) is 2.72. The lowest BCUT2D eigenvalue weighted by atomic mass is 10.0. The molecule has 1 aromatic rings. The van der Waals surface area contributed by atoms with E-state index < -0.39 is 11.0 Å². The molecule has 0 aliphatic heterocycles. The Kier molecular flexibility index (Phi) is 3.44. The Morgan fingerprint density at radius 3 is 2.62 bits per heavy atom. The average Bonchev–Trinajstić information content (AvgIpc) is 2.19. The van der Waals surface area contributed by atoms with Crippen molar-refractivity contribution in [3.8, 4) is 0 Å². The van der Waals surface area contributed by atoms with Gasteiger partial charge in [-0.15, -0.1) is 0 Å². The second-order valence-electron chi connectivity index (χ2n) is 3.28. The van der Waals surface area contributed by atoms with Crippen molar-refractivity contribution in [1.29, 1.82) is 0 Å². The summed E-state index contributed by atoms with van der Waals surface area (Å²) < 4.78 is 0. The van der Waals surface area contributed by atoms with Gasteiger partial charge in [-0.1, -0.05) is 6.92 Å². The summed E-state index contributed by atoms with van der Waals surface area (Å²) in [6.45, 7) is 3.46. The van der Waals surface area contributed by atoms with Crippen LogP contribution in [0, 0.1) is 17.0 Å². The molecule has 86 valence electrons. The number of nitro groups is 1. The molecule has 0 aliphatic carbocycles. The zero-order valence-corrected chi connectivity index (χ0v) is 8.98. The molecule has 0 radical (unpaired) electrons. The van der Waals surface area contributed by atoms with Gasteiger partial charge in [0.15, 0.2) is 0 Å². The summed E-state index contributed by atoms with van der Waals surface area (Å²) in [5.74, 6) is 0. The topological polar surface area (TPSA) is 92.5 Å². The molecule has 1 aromatic carbocycles. The maximum absolute atomic E-state index is 10.7. The number of carbonyl (C=O) groups is 1. The van der Waals surface area contributed by atoms with Gasteiger partial charge in [-0.05, 0) is 25.0 Å². The van der Waals surface area contributed by atoms with Gasteiger partial charge in [-0.2, -0.15) is 0 Å². The number of carboxylic acid groups (broad SMARTS) is 1. The maximum Gasteiger partial charge on any atom is 0.409 e. The molecule has 0 spiro atoms. The molecule has 0 aliphatic rings. The molecule has 6 heteroatoms. The number of rotatable bonds is 3. The van der Waals surface area contributed by atoms with Crippen LogP contribution in [0.5, 0.6) is 0 Å². The van der Waals surface area contributed by atoms with E-state index in [1.807, 2.05) is 0 Å². The van der Waals surface area contributed by atoms with E-state index in [1.54, 1.807) is 13.8 Å². The number of hydrogen-bond donors (Lipinski definition) is 2. The highest BCUT2D eigenvalue weighted by Gasteiger charge is 2.17. The van der Waals surface area contributed by atoms with Crippen LogP contribution >= 0.6 is 0 Å². The molecule has 0 fully saturated rings. The molecule has 1 rings (SSSR count). The van der Waals surface area contributed by atoms with E-state index >= 15 is 0 Å². The monoisotopic (exact) mass is 224 g/mol. The van der Waals surface area contributed by atoms with Crippen LogP contribution in [0.4, 0.5) is 16.2 Å². The highest BCUT2D eigenvalue weighted by atomic mass is 16.6. The van der Waals surface area contributed by atoms with Crippen molar-refractivity contribution in [1.82, 2.24) is 0 Å². The molecule has 0 bridgehead atoms. The van der Waals surface area contributed by atoms with Crippen LogP contribution in [0.15, 0.2) is 12.1 Å². The van der Waals surface area contributed by atoms with E-state index in [4.69, 9.17) is 5.11 Å². The quantitative estimate of drug-likeness (QED) is 0.609. The first kappa shape index (κ1) is 12.0. The lowest BCUT2D eigenvalue weighted by molar-refractivity contribution is -0.385. The number of benzene rings is 1. The number of nitrogens with zero attached hydrogens (tertiary/aromatic N) is 1. The largest absolute Gasteiger partial charge is 0.465 e.